The van der Waals surface area contributed by atoms with Crippen molar-refractivity contribution in [3.05, 3.63) is 65.5 Å². The Hall–Kier alpha value is -4.25. The Bertz CT molecular complexity index is 1220. The fraction of sp³-hybridized carbons (Fsp3) is 0.227. The number of rotatable bonds is 5. The Morgan fingerprint density at radius 2 is 1.70 bits per heavy atom. The normalized spacial score (nSPS) is 15.8. The lowest BCUT2D eigenvalue weighted by Gasteiger charge is -2.42. The maximum Gasteiger partial charge on any atom is 0.414 e. The molecule has 0 bridgehead atoms. The first-order valence-corrected chi connectivity index (χ1v) is 10.2. The van der Waals surface area contributed by atoms with Crippen molar-refractivity contribution in [2.24, 2.45) is 0 Å². The van der Waals surface area contributed by atoms with E-state index in [0.29, 0.717) is 0 Å². The molecule has 0 saturated carbocycles. The molecule has 2 aromatic carbocycles. The number of likely N-dealkylation sites (tertiary alicyclic amines) is 1. The number of carbonyl (C=O) groups excluding carboxylic acids is 2. The zero-order valence-corrected chi connectivity index (χ0v) is 17.2. The average molecular weight is 449 g/mol. The fourth-order valence-electron chi connectivity index (χ4n) is 4.15. The Balaban J connectivity index is 1.20. The molecule has 0 unspecified atom stereocenters. The molecule has 11 nitrogen and oxygen atoms in total. The van der Waals surface area contributed by atoms with Gasteiger partial charge in [-0.05, 0) is 22.3 Å². The van der Waals surface area contributed by atoms with Gasteiger partial charge in [0.15, 0.2) is 5.60 Å². The minimum absolute atomic E-state index is 0.105. The highest BCUT2D eigenvalue weighted by molar-refractivity contribution is 5.94. The van der Waals surface area contributed by atoms with Crippen LogP contribution in [0.3, 0.4) is 0 Å². The highest BCUT2D eigenvalue weighted by atomic mass is 16.5. The van der Waals surface area contributed by atoms with Crippen molar-refractivity contribution in [3.8, 4) is 11.1 Å². The molecule has 33 heavy (non-hydrogen) atoms. The predicted octanol–water partition coefficient (Wildman–Crippen LogP) is 1.44. The van der Waals surface area contributed by atoms with Crippen LogP contribution in [0.4, 0.5) is 10.7 Å². The number of hydrogen-bond donors (Lipinski definition) is 4. The van der Waals surface area contributed by atoms with E-state index in [9.17, 15) is 19.5 Å². The lowest BCUT2D eigenvalue weighted by molar-refractivity contribution is -0.173. The quantitative estimate of drug-likeness (QED) is 0.456. The molecular formula is C22H19N5O6. The number of anilines is 1. The van der Waals surface area contributed by atoms with E-state index in [1.165, 1.54) is 0 Å². The summed E-state index contributed by atoms with van der Waals surface area (Å²) in [5, 5.41) is 27.2. The van der Waals surface area contributed by atoms with Crippen LogP contribution in [-0.2, 0) is 9.53 Å². The van der Waals surface area contributed by atoms with E-state index < -0.39 is 23.6 Å². The number of amides is 2. The first kappa shape index (κ1) is 20.6. The number of carboxylic acid groups (broad SMARTS) is 1. The van der Waals surface area contributed by atoms with Gasteiger partial charge in [-0.25, -0.2) is 9.59 Å². The van der Waals surface area contributed by atoms with E-state index in [2.05, 4.69) is 20.5 Å². The van der Waals surface area contributed by atoms with Gasteiger partial charge in [0, 0.05) is 5.92 Å². The first-order valence-electron chi connectivity index (χ1n) is 10.2. The maximum atomic E-state index is 12.3. The van der Waals surface area contributed by atoms with Crippen molar-refractivity contribution in [2.45, 2.75) is 11.5 Å². The summed E-state index contributed by atoms with van der Waals surface area (Å²) >= 11 is 0. The highest BCUT2D eigenvalue weighted by Crippen LogP contribution is 2.44. The predicted molar refractivity (Wildman–Crippen MR) is 114 cm³/mol. The zero-order chi connectivity index (χ0) is 23.2. The Labute approximate surface area is 187 Å². The van der Waals surface area contributed by atoms with Gasteiger partial charge in [-0.2, -0.15) is 4.98 Å². The Morgan fingerprint density at radius 1 is 1.09 bits per heavy atom. The van der Waals surface area contributed by atoms with Gasteiger partial charge in [0.1, 0.15) is 6.61 Å². The minimum atomic E-state index is -1.96. The number of carboxylic acids is 1. The second kappa shape index (κ2) is 7.71. The van der Waals surface area contributed by atoms with Crippen LogP contribution in [0.25, 0.3) is 11.1 Å². The topological polar surface area (TPSA) is 158 Å². The second-order valence-corrected chi connectivity index (χ2v) is 7.96. The molecule has 0 radical (unpaired) electrons. The molecule has 1 aliphatic heterocycles. The number of fused-ring (bicyclic) bond motifs is 3. The van der Waals surface area contributed by atoms with E-state index in [1.54, 1.807) is 0 Å². The Kier molecular flexibility index (Phi) is 4.82. The SMILES string of the molecule is O=C(Nc1n[nH]c(C(=O)N2CC(O)(C(=O)O)C2)n1)OCC1c2ccccc2-c2ccccc21. The highest BCUT2D eigenvalue weighted by Gasteiger charge is 2.50. The molecule has 1 saturated heterocycles. The van der Waals surface area contributed by atoms with Crippen LogP contribution in [0.2, 0.25) is 0 Å². The molecule has 0 spiro atoms. The smallest absolute Gasteiger partial charge is 0.414 e. The number of ether oxygens (including phenoxy) is 1. The number of aromatic nitrogens is 3. The van der Waals surface area contributed by atoms with Crippen molar-refractivity contribution in [2.75, 3.05) is 25.0 Å². The van der Waals surface area contributed by atoms with Gasteiger partial charge in [0.25, 0.3) is 11.9 Å². The van der Waals surface area contributed by atoms with E-state index in [4.69, 9.17) is 9.84 Å². The van der Waals surface area contributed by atoms with Gasteiger partial charge in [-0.15, -0.1) is 5.10 Å². The van der Waals surface area contributed by atoms with Gasteiger partial charge >= 0.3 is 12.1 Å². The molecule has 1 aromatic heterocycles. The molecule has 4 N–H and O–H groups in total. The van der Waals surface area contributed by atoms with E-state index in [1.807, 2.05) is 48.5 Å². The van der Waals surface area contributed by atoms with Gasteiger partial charge in [-0.1, -0.05) is 48.5 Å². The van der Waals surface area contributed by atoms with Crippen LogP contribution in [-0.4, -0.2) is 73.6 Å². The van der Waals surface area contributed by atoms with Crippen molar-refractivity contribution in [1.29, 1.82) is 0 Å². The lowest BCUT2D eigenvalue weighted by atomic mass is 9.94. The molecule has 2 amide bonds. The summed E-state index contributed by atoms with van der Waals surface area (Å²) in [6.45, 7) is -0.619. The number of carbonyl (C=O) groups is 3. The summed E-state index contributed by atoms with van der Waals surface area (Å²) in [5.41, 5.74) is 2.42. The van der Waals surface area contributed by atoms with Gasteiger partial charge in [0.2, 0.25) is 5.82 Å². The number of hydrogen-bond acceptors (Lipinski definition) is 7. The summed E-state index contributed by atoms with van der Waals surface area (Å²) in [4.78, 5) is 40.6. The number of H-pyrrole nitrogens is 1. The summed E-state index contributed by atoms with van der Waals surface area (Å²) in [6, 6.07) is 15.9. The average Bonchev–Trinajstić information content (AvgIpc) is 3.37. The molecule has 5 rings (SSSR count). The largest absolute Gasteiger partial charge is 0.479 e. The third-order valence-electron chi connectivity index (χ3n) is 5.84. The molecule has 2 heterocycles. The van der Waals surface area contributed by atoms with Gasteiger partial charge < -0.3 is 19.8 Å². The monoisotopic (exact) mass is 449 g/mol. The number of aromatic amines is 1. The van der Waals surface area contributed by atoms with Crippen LogP contribution in [0.15, 0.2) is 48.5 Å². The van der Waals surface area contributed by atoms with E-state index in [-0.39, 0.29) is 37.4 Å². The molecule has 2 aliphatic rings. The van der Waals surface area contributed by atoms with Crippen LogP contribution in [0.1, 0.15) is 27.7 Å². The number of nitrogens with one attached hydrogen (secondary N) is 2. The van der Waals surface area contributed by atoms with Crippen LogP contribution >= 0.6 is 0 Å². The fourth-order valence-corrected chi connectivity index (χ4v) is 4.15. The van der Waals surface area contributed by atoms with Gasteiger partial charge in [-0.3, -0.25) is 15.2 Å². The molecule has 168 valence electrons. The third-order valence-corrected chi connectivity index (χ3v) is 5.84. The third kappa shape index (κ3) is 3.57. The van der Waals surface area contributed by atoms with Crippen LogP contribution in [0.5, 0.6) is 0 Å². The van der Waals surface area contributed by atoms with Crippen molar-refractivity contribution in [1.82, 2.24) is 20.1 Å². The summed E-state index contributed by atoms with van der Waals surface area (Å²) in [7, 11) is 0. The van der Waals surface area contributed by atoms with Crippen LogP contribution < -0.4 is 5.32 Å². The zero-order valence-electron chi connectivity index (χ0n) is 17.2. The second-order valence-electron chi connectivity index (χ2n) is 7.96. The Morgan fingerprint density at radius 3 is 2.30 bits per heavy atom. The number of nitrogens with zero attached hydrogens (tertiary/aromatic N) is 3. The molecular weight excluding hydrogens is 430 g/mol. The van der Waals surface area contributed by atoms with Crippen molar-refractivity contribution < 1.29 is 29.3 Å². The summed E-state index contributed by atoms with van der Waals surface area (Å²) < 4.78 is 5.41. The number of aliphatic hydroxyl groups is 1. The summed E-state index contributed by atoms with van der Waals surface area (Å²) in [5.74, 6) is -2.51. The van der Waals surface area contributed by atoms with E-state index >= 15 is 0 Å². The van der Waals surface area contributed by atoms with E-state index in [0.717, 1.165) is 27.2 Å². The van der Waals surface area contributed by atoms with Crippen molar-refractivity contribution >= 4 is 23.9 Å². The van der Waals surface area contributed by atoms with Gasteiger partial charge in [0.05, 0.1) is 13.1 Å². The molecule has 11 heteroatoms. The number of aliphatic carboxylic acids is 1. The van der Waals surface area contributed by atoms with Crippen molar-refractivity contribution in [3.63, 3.8) is 0 Å². The number of benzene rings is 2. The molecule has 1 fully saturated rings. The molecule has 1 aliphatic carbocycles. The minimum Gasteiger partial charge on any atom is -0.479 e. The maximum absolute atomic E-state index is 12.3. The first-order chi connectivity index (χ1) is 15.9. The standard InChI is InChI=1S/C22H19N5O6/c28-18(27-10-22(32,11-27)19(29)30)17-23-20(26-25-17)24-21(31)33-9-16-14-7-3-1-5-12(14)13-6-2-4-8-15(13)16/h1-8,16,32H,9-11H2,(H,29,30)(H2,23,24,25,26,31). The van der Waals surface area contributed by atoms with Crippen LogP contribution in [0, 0.1) is 0 Å². The molecule has 0 atom stereocenters. The lowest BCUT2D eigenvalue weighted by Crippen LogP contribution is -2.67. The molecule has 3 aromatic rings. The number of β-amino-alcohol motifs (C(OH)–C–C–N with tert-alkyl or cyclic N) is 1. The summed E-state index contributed by atoms with van der Waals surface area (Å²) in [6.07, 6.45) is -0.779.